The highest BCUT2D eigenvalue weighted by molar-refractivity contribution is 7.88. The second-order valence-corrected chi connectivity index (χ2v) is 16.7. The number of H-pyrrole nitrogens is 1. The Balaban J connectivity index is 0.000000793. The number of aliphatic carboxylic acids is 1. The Morgan fingerprint density at radius 2 is 1.67 bits per heavy atom. The van der Waals surface area contributed by atoms with Crippen molar-refractivity contribution >= 4 is 50.3 Å². The number of rotatable bonds is 11. The Morgan fingerprint density at radius 3 is 2.33 bits per heavy atom. The molecule has 2 amide bonds. The molecule has 322 valence electrons. The highest BCUT2D eigenvalue weighted by atomic mass is 32.2. The van der Waals surface area contributed by atoms with Gasteiger partial charge in [0.05, 0.1) is 24.9 Å². The second kappa shape index (κ2) is 19.3. The molecule has 0 bridgehead atoms. The van der Waals surface area contributed by atoms with Gasteiger partial charge in [0.1, 0.15) is 23.5 Å². The van der Waals surface area contributed by atoms with Gasteiger partial charge in [-0.25, -0.2) is 23.2 Å². The van der Waals surface area contributed by atoms with E-state index in [1.807, 2.05) is 36.4 Å². The average Bonchev–Trinajstić information content (AvgIpc) is 3.66. The van der Waals surface area contributed by atoms with Crippen LogP contribution in [0.15, 0.2) is 67.1 Å². The number of ether oxygens (including phenoxy) is 1. The normalized spacial score (nSPS) is 18.3. The van der Waals surface area contributed by atoms with E-state index in [1.165, 1.54) is 10.6 Å². The first-order chi connectivity index (χ1) is 28.5. The molecule has 6 heterocycles. The van der Waals surface area contributed by atoms with Crippen LogP contribution in [0.3, 0.4) is 0 Å². The highest BCUT2D eigenvalue weighted by Gasteiger charge is 2.38. The van der Waals surface area contributed by atoms with Crippen molar-refractivity contribution in [2.24, 2.45) is 0 Å². The van der Waals surface area contributed by atoms with Crippen molar-refractivity contribution in [1.29, 1.82) is 0 Å². The fourth-order valence-corrected chi connectivity index (χ4v) is 7.98. The maximum absolute atomic E-state index is 13.2. The Kier molecular flexibility index (Phi) is 14.2. The van der Waals surface area contributed by atoms with Gasteiger partial charge in [-0.15, -0.1) is 0 Å². The molecular formula is C39H47F3N10O7S. The number of nitrogens with zero attached hydrogens (tertiary/aromatic N) is 7. The summed E-state index contributed by atoms with van der Waals surface area (Å²) in [6.45, 7) is 11.5. The smallest absolute Gasteiger partial charge is 0.475 e. The van der Waals surface area contributed by atoms with E-state index in [0.29, 0.717) is 76.0 Å². The van der Waals surface area contributed by atoms with Crippen molar-refractivity contribution < 1.29 is 45.8 Å². The second-order valence-electron chi connectivity index (χ2n) is 14.7. The van der Waals surface area contributed by atoms with E-state index in [9.17, 15) is 31.2 Å². The molecule has 4 aromatic rings. The minimum absolute atomic E-state index is 0.0215. The molecule has 3 saturated heterocycles. The van der Waals surface area contributed by atoms with Crippen molar-refractivity contribution in [3.05, 3.63) is 78.4 Å². The number of aromatic nitrogens is 4. The lowest BCUT2D eigenvalue weighted by Crippen LogP contribution is -2.50. The predicted molar refractivity (Wildman–Crippen MR) is 217 cm³/mol. The Bertz CT molecular complexity index is 2280. The first kappa shape index (κ1) is 44.1. The molecule has 7 rings (SSSR count). The molecule has 1 aromatic carbocycles. The summed E-state index contributed by atoms with van der Waals surface area (Å²) >= 11 is 0. The SMILES string of the molecule is C=C(CN1CCN(S(C)(=O)=O)CC1)C(=O)N[C@@H]1CCCN(Cc2ccnc(C(=O)Nc3ccc(-c4cc5c(N6CCOCC6)ncnc5[nH]4)cc3)c2)C1.O=C(O)C(F)(F)F. The largest absolute Gasteiger partial charge is 0.490 e. The standard InChI is InChI=1S/C37H46N10O5S.C2HF3O2/c1-26(22-44-12-14-47(15-13-44)53(2,50)51)36(48)42-30-4-3-11-45(24-30)23-27-9-10-38-33(20-27)37(49)41-29-7-5-28(6-8-29)32-21-31-34(43-32)39-25-40-35(31)46-16-18-52-19-17-46;3-2(4,5)1(6)7/h5-10,20-21,25,30H,1,3-4,11-19,22-24H2,2H3,(H,41,49)(H,42,48)(H,39,40,43);(H,6,7)/t30-;/m1./s1. The van der Waals surface area contributed by atoms with Crippen LogP contribution in [0.4, 0.5) is 24.7 Å². The van der Waals surface area contributed by atoms with E-state index in [4.69, 9.17) is 14.6 Å². The van der Waals surface area contributed by atoms with Crippen LogP contribution in [0.5, 0.6) is 0 Å². The van der Waals surface area contributed by atoms with Gasteiger partial charge in [0.2, 0.25) is 15.9 Å². The minimum atomic E-state index is -5.08. The number of piperazine rings is 1. The maximum Gasteiger partial charge on any atom is 0.490 e. The monoisotopic (exact) mass is 856 g/mol. The number of fused-ring (bicyclic) bond motifs is 1. The number of nitrogens with one attached hydrogen (secondary N) is 3. The molecule has 3 aliphatic heterocycles. The van der Waals surface area contributed by atoms with E-state index in [0.717, 1.165) is 66.1 Å². The molecule has 3 fully saturated rings. The highest BCUT2D eigenvalue weighted by Crippen LogP contribution is 2.30. The summed E-state index contributed by atoms with van der Waals surface area (Å²) in [5.74, 6) is -2.33. The topological polar surface area (TPSA) is 206 Å². The number of carboxylic acid groups (broad SMARTS) is 1. The first-order valence-electron chi connectivity index (χ1n) is 19.2. The lowest BCUT2D eigenvalue weighted by atomic mass is 10.0. The molecule has 17 nitrogen and oxygen atoms in total. The average molecular weight is 857 g/mol. The number of likely N-dealkylation sites (tertiary alicyclic amines) is 1. The third kappa shape index (κ3) is 11.8. The quantitative estimate of drug-likeness (QED) is 0.160. The zero-order valence-electron chi connectivity index (χ0n) is 32.9. The number of morpholine rings is 1. The fraction of sp³-hybridized carbons (Fsp3) is 0.436. The van der Waals surface area contributed by atoms with Crippen molar-refractivity contribution in [2.75, 3.05) is 88.6 Å². The molecule has 0 spiro atoms. The van der Waals surface area contributed by atoms with E-state index in [2.05, 4.69) is 57.9 Å². The number of aromatic amines is 1. The summed E-state index contributed by atoms with van der Waals surface area (Å²) in [7, 11) is -3.21. The number of anilines is 2. The van der Waals surface area contributed by atoms with Crippen LogP contribution in [-0.4, -0.2) is 156 Å². The number of halogens is 3. The number of sulfonamides is 1. The summed E-state index contributed by atoms with van der Waals surface area (Å²) in [6.07, 6.45) is 1.17. The van der Waals surface area contributed by atoms with Gasteiger partial charge in [0, 0.05) is 88.1 Å². The number of hydrogen-bond donors (Lipinski definition) is 4. The molecule has 0 aliphatic carbocycles. The Morgan fingerprint density at radius 1 is 0.967 bits per heavy atom. The van der Waals surface area contributed by atoms with Crippen molar-refractivity contribution in [3.8, 4) is 11.3 Å². The van der Waals surface area contributed by atoms with Gasteiger partial charge >= 0.3 is 12.1 Å². The van der Waals surface area contributed by atoms with E-state index >= 15 is 0 Å². The van der Waals surface area contributed by atoms with Gasteiger partial charge in [-0.2, -0.15) is 17.5 Å². The molecule has 4 N–H and O–H groups in total. The van der Waals surface area contributed by atoms with Gasteiger partial charge in [0.25, 0.3) is 5.91 Å². The Hall–Kier alpha value is -5.48. The zero-order valence-corrected chi connectivity index (χ0v) is 33.8. The molecule has 1 atom stereocenters. The molecule has 21 heteroatoms. The molecule has 60 heavy (non-hydrogen) atoms. The van der Waals surface area contributed by atoms with Crippen LogP contribution in [0, 0.1) is 0 Å². The molecular weight excluding hydrogens is 810 g/mol. The summed E-state index contributed by atoms with van der Waals surface area (Å²) in [4.78, 5) is 58.4. The van der Waals surface area contributed by atoms with Crippen LogP contribution >= 0.6 is 0 Å². The number of alkyl halides is 3. The molecule has 3 aromatic heterocycles. The van der Waals surface area contributed by atoms with Gasteiger partial charge < -0.3 is 30.4 Å². The minimum Gasteiger partial charge on any atom is -0.475 e. The number of carbonyl (C=O) groups excluding carboxylic acids is 2. The number of benzene rings is 1. The fourth-order valence-electron chi connectivity index (χ4n) is 7.16. The van der Waals surface area contributed by atoms with Gasteiger partial charge in [-0.1, -0.05) is 18.7 Å². The third-order valence-corrected chi connectivity index (χ3v) is 11.6. The number of carboxylic acids is 1. The zero-order chi connectivity index (χ0) is 43.0. The number of carbonyl (C=O) groups is 3. The molecule has 0 radical (unpaired) electrons. The van der Waals surface area contributed by atoms with Gasteiger partial charge in [0.15, 0.2) is 0 Å². The maximum atomic E-state index is 13.2. The van der Waals surface area contributed by atoms with Crippen LogP contribution in [0.25, 0.3) is 22.3 Å². The predicted octanol–water partition coefficient (Wildman–Crippen LogP) is 2.96. The number of amides is 2. The molecule has 0 unspecified atom stereocenters. The van der Waals surface area contributed by atoms with Crippen molar-refractivity contribution in [3.63, 3.8) is 0 Å². The van der Waals surface area contributed by atoms with Gasteiger partial charge in [-0.3, -0.25) is 24.4 Å². The van der Waals surface area contributed by atoms with E-state index in [-0.39, 0.29) is 17.9 Å². The van der Waals surface area contributed by atoms with Crippen LogP contribution < -0.4 is 15.5 Å². The Labute approximate surface area is 344 Å². The lowest BCUT2D eigenvalue weighted by Gasteiger charge is -2.35. The lowest BCUT2D eigenvalue weighted by molar-refractivity contribution is -0.192. The van der Waals surface area contributed by atoms with Crippen LogP contribution in [-0.2, 0) is 30.9 Å². The first-order valence-corrected chi connectivity index (χ1v) is 21.1. The number of pyridine rings is 1. The summed E-state index contributed by atoms with van der Waals surface area (Å²) < 4.78 is 62.3. The number of piperidine rings is 1. The van der Waals surface area contributed by atoms with Crippen LogP contribution in [0.2, 0.25) is 0 Å². The molecule has 3 aliphatic rings. The number of hydrogen-bond acceptors (Lipinski definition) is 12. The van der Waals surface area contributed by atoms with Gasteiger partial charge in [-0.05, 0) is 60.8 Å². The summed E-state index contributed by atoms with van der Waals surface area (Å²) in [6, 6.07) is 13.4. The third-order valence-electron chi connectivity index (χ3n) is 10.3. The van der Waals surface area contributed by atoms with Crippen LogP contribution in [0.1, 0.15) is 28.9 Å². The molecule has 0 saturated carbocycles. The summed E-state index contributed by atoms with van der Waals surface area (Å²) in [5.41, 5.74) is 5.05. The van der Waals surface area contributed by atoms with Crippen molar-refractivity contribution in [1.82, 2.24) is 39.4 Å². The van der Waals surface area contributed by atoms with E-state index in [1.54, 1.807) is 12.5 Å². The van der Waals surface area contributed by atoms with Crippen molar-refractivity contribution in [2.45, 2.75) is 31.6 Å². The summed E-state index contributed by atoms with van der Waals surface area (Å²) in [5, 5.41) is 14.2. The van der Waals surface area contributed by atoms with E-state index < -0.39 is 22.2 Å².